The van der Waals surface area contributed by atoms with Gasteiger partial charge >= 0.3 is 6.03 Å². The molecule has 1 aromatic rings. The van der Waals surface area contributed by atoms with Crippen molar-refractivity contribution >= 4 is 11.7 Å². The molecule has 1 saturated heterocycles. The first-order valence-electron chi connectivity index (χ1n) is 8.27. The van der Waals surface area contributed by atoms with Crippen molar-refractivity contribution in [1.82, 2.24) is 9.80 Å². The fourth-order valence-corrected chi connectivity index (χ4v) is 2.89. The Labute approximate surface area is 134 Å². The van der Waals surface area contributed by atoms with E-state index in [0.29, 0.717) is 11.8 Å². The van der Waals surface area contributed by atoms with Gasteiger partial charge in [-0.25, -0.2) is 4.79 Å². The first-order valence-corrected chi connectivity index (χ1v) is 8.27. The van der Waals surface area contributed by atoms with E-state index < -0.39 is 0 Å². The summed E-state index contributed by atoms with van der Waals surface area (Å²) in [5.41, 5.74) is 3.44. The lowest BCUT2D eigenvalue weighted by Gasteiger charge is -2.33. The molecule has 2 amide bonds. The molecule has 4 nitrogen and oxygen atoms in total. The quantitative estimate of drug-likeness (QED) is 0.924. The highest BCUT2D eigenvalue weighted by Crippen LogP contribution is 2.32. The van der Waals surface area contributed by atoms with Crippen molar-refractivity contribution in [2.45, 2.75) is 39.5 Å². The van der Waals surface area contributed by atoms with E-state index >= 15 is 0 Å². The molecule has 4 heteroatoms. The molecule has 122 valence electrons. The predicted molar refractivity (Wildman–Crippen MR) is 92.7 cm³/mol. The molecule has 0 saturated carbocycles. The Morgan fingerprint density at radius 2 is 1.50 bits per heavy atom. The highest BCUT2D eigenvalue weighted by atomic mass is 16.2. The second-order valence-corrected chi connectivity index (χ2v) is 6.84. The van der Waals surface area contributed by atoms with Crippen molar-refractivity contribution in [2.24, 2.45) is 0 Å². The first-order chi connectivity index (χ1) is 10.4. The molecule has 1 aliphatic rings. The van der Waals surface area contributed by atoms with Crippen LogP contribution in [0, 0.1) is 0 Å². The van der Waals surface area contributed by atoms with Crippen LogP contribution in [-0.4, -0.2) is 49.1 Å². The predicted octanol–water partition coefficient (Wildman–Crippen LogP) is 3.71. The summed E-state index contributed by atoms with van der Waals surface area (Å²) in [5, 5.41) is 3.19. The molecule has 2 rings (SSSR count). The molecule has 0 aliphatic carbocycles. The van der Waals surface area contributed by atoms with Gasteiger partial charge in [-0.05, 0) is 30.0 Å². The van der Waals surface area contributed by atoms with Crippen molar-refractivity contribution in [3.63, 3.8) is 0 Å². The van der Waals surface area contributed by atoms with Crippen LogP contribution in [-0.2, 0) is 0 Å². The van der Waals surface area contributed by atoms with Gasteiger partial charge in [0, 0.05) is 31.9 Å². The number of rotatable bonds is 3. The highest BCUT2D eigenvalue weighted by Gasteiger charge is 2.22. The number of amides is 2. The highest BCUT2D eigenvalue weighted by molar-refractivity contribution is 5.91. The summed E-state index contributed by atoms with van der Waals surface area (Å²) in [6.45, 7) is 12.2. The van der Waals surface area contributed by atoms with Gasteiger partial charge in [0.1, 0.15) is 0 Å². The lowest BCUT2D eigenvalue weighted by molar-refractivity contribution is 0.164. The van der Waals surface area contributed by atoms with Crippen LogP contribution < -0.4 is 5.32 Å². The Kier molecular flexibility index (Phi) is 5.46. The van der Waals surface area contributed by atoms with Gasteiger partial charge in [-0.3, -0.25) is 0 Å². The number of para-hydroxylation sites is 1. The molecule has 22 heavy (non-hydrogen) atoms. The molecule has 0 atom stereocenters. The van der Waals surface area contributed by atoms with Crippen LogP contribution in [0.5, 0.6) is 0 Å². The number of hydrogen-bond donors (Lipinski definition) is 1. The lowest BCUT2D eigenvalue weighted by atomic mass is 9.93. The van der Waals surface area contributed by atoms with Crippen LogP contribution >= 0.6 is 0 Å². The SMILES string of the molecule is CC(C)c1cccc(C(C)C)c1NC(=O)N1CCN(C)CC1. The average Bonchev–Trinajstić information content (AvgIpc) is 2.47. The summed E-state index contributed by atoms with van der Waals surface area (Å²) in [5.74, 6) is 0.781. The van der Waals surface area contributed by atoms with E-state index in [9.17, 15) is 4.79 Å². The molecule has 1 heterocycles. The Balaban J connectivity index is 2.22. The second kappa shape index (κ2) is 7.14. The number of anilines is 1. The summed E-state index contributed by atoms with van der Waals surface area (Å²) in [6.07, 6.45) is 0. The molecule has 1 fully saturated rings. The number of urea groups is 1. The third kappa shape index (κ3) is 3.80. The molecule has 1 aromatic carbocycles. The minimum absolute atomic E-state index is 0.0306. The first kappa shape index (κ1) is 16.8. The maximum Gasteiger partial charge on any atom is 0.321 e. The van der Waals surface area contributed by atoms with Crippen molar-refractivity contribution < 1.29 is 4.79 Å². The zero-order valence-corrected chi connectivity index (χ0v) is 14.5. The van der Waals surface area contributed by atoms with Crippen LogP contribution in [0.25, 0.3) is 0 Å². The molecule has 1 aliphatic heterocycles. The number of nitrogens with one attached hydrogen (secondary N) is 1. The molecule has 0 spiro atoms. The van der Waals surface area contributed by atoms with Gasteiger partial charge in [0.15, 0.2) is 0 Å². The maximum atomic E-state index is 12.6. The molecule has 0 radical (unpaired) electrons. The van der Waals surface area contributed by atoms with E-state index in [4.69, 9.17) is 0 Å². The van der Waals surface area contributed by atoms with Gasteiger partial charge in [0.25, 0.3) is 0 Å². The molecule has 0 unspecified atom stereocenters. The summed E-state index contributed by atoms with van der Waals surface area (Å²) in [4.78, 5) is 16.8. The van der Waals surface area contributed by atoms with Crippen molar-refractivity contribution in [1.29, 1.82) is 0 Å². The number of carbonyl (C=O) groups is 1. The van der Waals surface area contributed by atoms with E-state index in [1.54, 1.807) is 0 Å². The van der Waals surface area contributed by atoms with E-state index in [-0.39, 0.29) is 6.03 Å². The Morgan fingerprint density at radius 3 is 1.95 bits per heavy atom. The van der Waals surface area contributed by atoms with Gasteiger partial charge in [-0.1, -0.05) is 45.9 Å². The van der Waals surface area contributed by atoms with Gasteiger partial charge in [0.05, 0.1) is 0 Å². The number of hydrogen-bond acceptors (Lipinski definition) is 2. The zero-order valence-electron chi connectivity index (χ0n) is 14.5. The number of piperazine rings is 1. The second-order valence-electron chi connectivity index (χ2n) is 6.84. The molecular weight excluding hydrogens is 274 g/mol. The van der Waals surface area contributed by atoms with Crippen LogP contribution in [0.3, 0.4) is 0 Å². The Bertz CT molecular complexity index is 491. The van der Waals surface area contributed by atoms with Gasteiger partial charge in [0.2, 0.25) is 0 Å². The third-order valence-corrected chi connectivity index (χ3v) is 4.40. The standard InChI is InChI=1S/C18H29N3O/c1-13(2)15-7-6-8-16(14(3)4)17(15)19-18(22)21-11-9-20(5)10-12-21/h6-8,13-14H,9-12H2,1-5H3,(H,19,22). The van der Waals surface area contributed by atoms with Crippen molar-refractivity contribution in [2.75, 3.05) is 38.5 Å². The van der Waals surface area contributed by atoms with Gasteiger partial charge in [-0.15, -0.1) is 0 Å². The Hall–Kier alpha value is -1.55. The van der Waals surface area contributed by atoms with Gasteiger partial charge in [-0.2, -0.15) is 0 Å². The number of carbonyl (C=O) groups excluding carboxylic acids is 1. The summed E-state index contributed by atoms with van der Waals surface area (Å²) in [7, 11) is 2.10. The maximum absolute atomic E-state index is 12.6. The monoisotopic (exact) mass is 303 g/mol. The van der Waals surface area contributed by atoms with Crippen LogP contribution in [0.2, 0.25) is 0 Å². The topological polar surface area (TPSA) is 35.6 Å². The third-order valence-electron chi connectivity index (χ3n) is 4.40. The normalized spacial score (nSPS) is 16.4. The number of nitrogens with zero attached hydrogens (tertiary/aromatic N) is 2. The zero-order chi connectivity index (χ0) is 16.3. The molecule has 0 bridgehead atoms. The van der Waals surface area contributed by atoms with Crippen LogP contribution in [0.15, 0.2) is 18.2 Å². The Morgan fingerprint density at radius 1 is 1.00 bits per heavy atom. The van der Waals surface area contributed by atoms with Crippen molar-refractivity contribution in [3.8, 4) is 0 Å². The van der Waals surface area contributed by atoms with E-state index in [0.717, 1.165) is 31.9 Å². The minimum Gasteiger partial charge on any atom is -0.322 e. The molecule has 1 N–H and O–H groups in total. The smallest absolute Gasteiger partial charge is 0.321 e. The van der Waals surface area contributed by atoms with E-state index in [1.165, 1.54) is 11.1 Å². The van der Waals surface area contributed by atoms with Gasteiger partial charge < -0.3 is 15.1 Å². The lowest BCUT2D eigenvalue weighted by Crippen LogP contribution is -2.48. The summed E-state index contributed by atoms with van der Waals surface area (Å²) >= 11 is 0. The molecular formula is C18H29N3O. The molecule has 0 aromatic heterocycles. The number of likely N-dealkylation sites (N-methyl/N-ethyl adjacent to an activating group) is 1. The largest absolute Gasteiger partial charge is 0.322 e. The van der Waals surface area contributed by atoms with E-state index in [2.05, 4.69) is 63.2 Å². The summed E-state index contributed by atoms with van der Waals surface area (Å²) in [6, 6.07) is 6.37. The van der Waals surface area contributed by atoms with Crippen LogP contribution in [0.4, 0.5) is 10.5 Å². The average molecular weight is 303 g/mol. The van der Waals surface area contributed by atoms with Crippen LogP contribution in [0.1, 0.15) is 50.7 Å². The number of benzene rings is 1. The summed E-state index contributed by atoms with van der Waals surface area (Å²) < 4.78 is 0. The minimum atomic E-state index is 0.0306. The fraction of sp³-hybridized carbons (Fsp3) is 0.611. The fourth-order valence-electron chi connectivity index (χ4n) is 2.89. The van der Waals surface area contributed by atoms with E-state index in [1.807, 2.05) is 4.90 Å². The van der Waals surface area contributed by atoms with Crippen molar-refractivity contribution in [3.05, 3.63) is 29.3 Å².